The van der Waals surface area contributed by atoms with Crippen LogP contribution in [0.5, 0.6) is 0 Å². The first-order valence-electron chi connectivity index (χ1n) is 9.96. The van der Waals surface area contributed by atoms with Gasteiger partial charge in [0.2, 0.25) is 0 Å². The average Bonchev–Trinajstić information content (AvgIpc) is 3.13. The lowest BCUT2D eigenvalue weighted by atomic mass is 10.0. The number of halogens is 1. The fourth-order valence-corrected chi connectivity index (χ4v) is 4.22. The van der Waals surface area contributed by atoms with E-state index in [0.717, 1.165) is 54.2 Å². The maximum Gasteiger partial charge on any atom is 0.340 e. The van der Waals surface area contributed by atoms with Crippen molar-refractivity contribution in [3.05, 3.63) is 76.6 Å². The Kier molecular flexibility index (Phi) is 4.73. The Labute approximate surface area is 175 Å². The molecule has 0 saturated carbocycles. The highest BCUT2D eigenvalue weighted by atomic mass is 35.5. The van der Waals surface area contributed by atoms with Crippen molar-refractivity contribution in [1.82, 2.24) is 15.4 Å². The van der Waals surface area contributed by atoms with Crippen LogP contribution in [0.2, 0.25) is 5.02 Å². The summed E-state index contributed by atoms with van der Waals surface area (Å²) in [7, 11) is 0. The number of amides is 2. The van der Waals surface area contributed by atoms with Crippen LogP contribution in [0.1, 0.15) is 30.4 Å². The molecule has 2 aromatic carbocycles. The maximum atomic E-state index is 12.9. The second-order valence-corrected chi connectivity index (χ2v) is 7.88. The summed E-state index contributed by atoms with van der Waals surface area (Å²) < 4.78 is 0. The van der Waals surface area contributed by atoms with E-state index in [2.05, 4.69) is 5.53 Å². The molecule has 3 aliphatic heterocycles. The number of hydrogen-bond acceptors (Lipinski definition) is 4. The second-order valence-electron chi connectivity index (χ2n) is 7.45. The highest BCUT2D eigenvalue weighted by molar-refractivity contribution is 6.31. The summed E-state index contributed by atoms with van der Waals surface area (Å²) in [6, 6.07) is 15.8. The Morgan fingerprint density at radius 2 is 1.83 bits per heavy atom. The first-order chi connectivity index (χ1) is 14.2. The Morgan fingerprint density at radius 1 is 1.03 bits per heavy atom. The number of likely N-dealkylation sites (tertiary alicyclic amines) is 1. The number of hydrazine groups is 2. The minimum absolute atomic E-state index is 0.0203. The number of hydrogen-bond donors (Lipinski definition) is 1. The number of carbonyl (C=O) groups excluding carboxylic acids is 1. The molecule has 0 unspecified atom stereocenters. The Balaban J connectivity index is 1.51. The van der Waals surface area contributed by atoms with Gasteiger partial charge in [-0.25, -0.2) is 9.80 Å². The number of rotatable bonds is 1. The summed E-state index contributed by atoms with van der Waals surface area (Å²) in [6.45, 7) is 2.08. The molecule has 0 bridgehead atoms. The first-order valence-corrected chi connectivity index (χ1v) is 10.3. The van der Waals surface area contributed by atoms with E-state index >= 15 is 0 Å². The highest BCUT2D eigenvalue weighted by Gasteiger charge is 2.33. The lowest BCUT2D eigenvalue weighted by molar-refractivity contribution is 0.147. The van der Waals surface area contributed by atoms with Crippen LogP contribution < -0.4 is 10.5 Å². The first kappa shape index (κ1) is 18.2. The van der Waals surface area contributed by atoms with Crippen LogP contribution in [0, 0.1) is 0 Å². The third-order valence-corrected chi connectivity index (χ3v) is 5.74. The van der Waals surface area contributed by atoms with Crippen LogP contribution in [0.4, 0.5) is 10.5 Å². The van der Waals surface area contributed by atoms with Gasteiger partial charge in [-0.1, -0.05) is 41.9 Å². The molecule has 29 heavy (non-hydrogen) atoms. The number of anilines is 1. The van der Waals surface area contributed by atoms with Crippen LogP contribution in [0.3, 0.4) is 0 Å². The standard InChI is InChI=1S/C22H22ClN5O/c23-17-9-10-20-19(13-17)21(16-7-3-1-4-8-16)24-14-18-15-27(25-28(18)20)22(29)26-11-5-2-6-12-26/h1,3-4,7-10,13,15,25H,2,5-6,11-12,14H2. The number of aliphatic imine (C=N–C) groups is 1. The van der Waals surface area contributed by atoms with Crippen LogP contribution >= 0.6 is 11.6 Å². The lowest BCUT2D eigenvalue weighted by Crippen LogP contribution is -2.50. The van der Waals surface area contributed by atoms with Gasteiger partial charge in [0.05, 0.1) is 29.8 Å². The van der Waals surface area contributed by atoms with Gasteiger partial charge in [-0.15, -0.1) is 5.53 Å². The summed E-state index contributed by atoms with van der Waals surface area (Å²) in [4.78, 5) is 19.7. The predicted molar refractivity (Wildman–Crippen MR) is 115 cm³/mol. The van der Waals surface area contributed by atoms with Crippen molar-refractivity contribution in [1.29, 1.82) is 0 Å². The number of carbonyl (C=O) groups is 1. The Bertz CT molecular complexity index is 998. The van der Waals surface area contributed by atoms with Crippen molar-refractivity contribution >= 4 is 29.0 Å². The van der Waals surface area contributed by atoms with Gasteiger partial charge in [0.15, 0.2) is 0 Å². The van der Waals surface area contributed by atoms with Gasteiger partial charge in [-0.2, -0.15) is 0 Å². The van der Waals surface area contributed by atoms with Gasteiger partial charge >= 0.3 is 6.03 Å². The molecule has 3 aliphatic rings. The molecule has 1 saturated heterocycles. The van der Waals surface area contributed by atoms with Crippen LogP contribution in [0.15, 0.2) is 65.4 Å². The number of fused-ring (bicyclic) bond motifs is 3. The maximum absolute atomic E-state index is 12.9. The number of piperidine rings is 1. The normalized spacial score (nSPS) is 18.6. The summed E-state index contributed by atoms with van der Waals surface area (Å²) in [5, 5.41) is 4.16. The largest absolute Gasteiger partial charge is 0.340 e. The monoisotopic (exact) mass is 407 g/mol. The minimum Gasteiger partial charge on any atom is -0.323 e. The van der Waals surface area contributed by atoms with E-state index in [1.54, 1.807) is 5.01 Å². The van der Waals surface area contributed by atoms with Crippen molar-refractivity contribution in [3.8, 4) is 0 Å². The molecule has 0 spiro atoms. The minimum atomic E-state index is -0.0203. The molecule has 0 radical (unpaired) electrons. The lowest BCUT2D eigenvalue weighted by Gasteiger charge is -2.31. The van der Waals surface area contributed by atoms with Crippen LogP contribution in [-0.4, -0.2) is 41.3 Å². The fraction of sp³-hybridized carbons (Fsp3) is 0.273. The average molecular weight is 408 g/mol. The molecule has 1 N–H and O–H groups in total. The molecular weight excluding hydrogens is 386 g/mol. The van der Waals surface area contributed by atoms with Gasteiger partial charge < -0.3 is 4.90 Å². The molecule has 7 heteroatoms. The van der Waals surface area contributed by atoms with Crippen molar-refractivity contribution in [2.45, 2.75) is 19.3 Å². The van der Waals surface area contributed by atoms with E-state index in [1.165, 1.54) is 6.42 Å². The number of urea groups is 1. The van der Waals surface area contributed by atoms with Gasteiger partial charge in [-0.3, -0.25) is 10.0 Å². The third-order valence-electron chi connectivity index (χ3n) is 5.51. The predicted octanol–water partition coefficient (Wildman–Crippen LogP) is 4.18. The number of benzene rings is 2. The zero-order valence-corrected chi connectivity index (χ0v) is 16.8. The molecule has 2 aromatic rings. The second kappa shape index (κ2) is 7.54. The molecule has 6 nitrogen and oxygen atoms in total. The van der Waals surface area contributed by atoms with Gasteiger partial charge in [0, 0.05) is 29.2 Å². The van der Waals surface area contributed by atoms with Crippen LogP contribution in [-0.2, 0) is 0 Å². The third kappa shape index (κ3) is 3.39. The molecule has 2 amide bonds. The van der Waals surface area contributed by atoms with Gasteiger partial charge in [-0.05, 0) is 37.5 Å². The molecule has 5 rings (SSSR count). The summed E-state index contributed by atoms with van der Waals surface area (Å²) in [5.74, 6) is 0. The van der Waals surface area contributed by atoms with E-state index in [1.807, 2.05) is 64.6 Å². The molecular formula is C22H22ClN5O. The smallest absolute Gasteiger partial charge is 0.323 e. The zero-order chi connectivity index (χ0) is 19.8. The van der Waals surface area contributed by atoms with E-state index in [-0.39, 0.29) is 6.03 Å². The van der Waals surface area contributed by atoms with E-state index in [4.69, 9.17) is 16.6 Å². The Morgan fingerprint density at radius 3 is 2.62 bits per heavy atom. The van der Waals surface area contributed by atoms with Crippen molar-refractivity contribution in [2.24, 2.45) is 4.99 Å². The summed E-state index contributed by atoms with van der Waals surface area (Å²) in [6.07, 6.45) is 5.17. The number of nitrogens with one attached hydrogen (secondary N) is 1. The van der Waals surface area contributed by atoms with Crippen LogP contribution in [0.25, 0.3) is 0 Å². The molecule has 0 aliphatic carbocycles. The van der Waals surface area contributed by atoms with Crippen molar-refractivity contribution in [2.75, 3.05) is 24.6 Å². The van der Waals surface area contributed by atoms with Gasteiger partial charge in [0.1, 0.15) is 0 Å². The topological polar surface area (TPSA) is 51.2 Å². The summed E-state index contributed by atoms with van der Waals surface area (Å²) >= 11 is 6.33. The molecule has 1 fully saturated rings. The van der Waals surface area contributed by atoms with Crippen molar-refractivity contribution < 1.29 is 4.79 Å². The molecule has 3 heterocycles. The van der Waals surface area contributed by atoms with Crippen molar-refractivity contribution in [3.63, 3.8) is 0 Å². The zero-order valence-electron chi connectivity index (χ0n) is 16.0. The SMILES string of the molecule is O=C(N1CCCCC1)N1C=C2CN=C(c3ccccc3)c3cc(Cl)ccc3N2N1. The Hall–Kier alpha value is -2.83. The van der Waals surface area contributed by atoms with E-state index in [0.29, 0.717) is 11.6 Å². The fourth-order valence-electron chi connectivity index (χ4n) is 4.04. The van der Waals surface area contributed by atoms with E-state index < -0.39 is 0 Å². The highest BCUT2D eigenvalue weighted by Crippen LogP contribution is 2.33. The molecule has 0 aromatic heterocycles. The molecule has 148 valence electrons. The number of nitrogens with zero attached hydrogens (tertiary/aromatic N) is 4. The van der Waals surface area contributed by atoms with Gasteiger partial charge in [0.25, 0.3) is 0 Å². The quantitative estimate of drug-likeness (QED) is 0.771. The molecule has 0 atom stereocenters. The van der Waals surface area contributed by atoms with E-state index in [9.17, 15) is 4.79 Å². The summed E-state index contributed by atoms with van der Waals surface area (Å²) in [5.41, 5.74) is 7.97.